The van der Waals surface area contributed by atoms with E-state index in [-0.39, 0.29) is 17.5 Å². The number of hydrazone groups is 1. The van der Waals surface area contributed by atoms with Gasteiger partial charge in [0, 0.05) is 16.8 Å². The van der Waals surface area contributed by atoms with Gasteiger partial charge in [-0.05, 0) is 54.3 Å². The number of benzene rings is 3. The molecule has 0 aliphatic carbocycles. The maximum atomic E-state index is 12.5. The van der Waals surface area contributed by atoms with Gasteiger partial charge in [-0.1, -0.05) is 68.0 Å². The second kappa shape index (κ2) is 10.9. The molecule has 2 amide bonds. The Labute approximate surface area is 193 Å². The predicted molar refractivity (Wildman–Crippen MR) is 133 cm³/mol. The third-order valence-electron chi connectivity index (χ3n) is 4.98. The zero-order chi connectivity index (χ0) is 23.8. The summed E-state index contributed by atoms with van der Waals surface area (Å²) < 4.78 is 0. The average Bonchev–Trinajstić information content (AvgIpc) is 2.80. The van der Waals surface area contributed by atoms with Crippen LogP contribution in [0, 0.1) is 6.92 Å². The molecule has 3 aromatic rings. The van der Waals surface area contributed by atoms with E-state index in [0.29, 0.717) is 16.8 Å². The van der Waals surface area contributed by atoms with Crippen molar-refractivity contribution in [2.45, 2.75) is 26.7 Å². The number of aryl methyl sites for hydroxylation is 1. The molecular formula is C27H27N3O3. The van der Waals surface area contributed by atoms with Crippen LogP contribution in [0.25, 0.3) is 6.08 Å². The number of urea groups is 1. The molecular weight excluding hydrogens is 414 g/mol. The van der Waals surface area contributed by atoms with E-state index in [1.165, 1.54) is 12.3 Å². The number of nitrogens with one attached hydrogen (secondary N) is 2. The van der Waals surface area contributed by atoms with Crippen LogP contribution >= 0.6 is 0 Å². The van der Waals surface area contributed by atoms with E-state index in [1.807, 2.05) is 57.2 Å². The molecule has 3 rings (SSSR count). The lowest BCUT2D eigenvalue weighted by Gasteiger charge is -2.12. The standard InChI is InChI=1S/C27H27N3O3/c1-18(2)24-16-20(11-14-25(31)21-12-9-19(3)10-13-21)15-22(26(24)32)17-28-30-27(33)29-23-7-5-4-6-8-23/h4-18,32H,1-3H3,(H2,29,30,33)/b14-11+,28-17+. The van der Waals surface area contributed by atoms with Gasteiger partial charge in [0.25, 0.3) is 0 Å². The topological polar surface area (TPSA) is 90.8 Å². The quantitative estimate of drug-likeness (QED) is 0.185. The number of hydrogen-bond donors (Lipinski definition) is 3. The third kappa shape index (κ3) is 6.64. The van der Waals surface area contributed by atoms with Crippen LogP contribution in [0.2, 0.25) is 0 Å². The molecule has 0 spiro atoms. The largest absolute Gasteiger partial charge is 0.507 e. The van der Waals surface area contributed by atoms with Gasteiger partial charge in [0.1, 0.15) is 5.75 Å². The van der Waals surface area contributed by atoms with Gasteiger partial charge in [-0.2, -0.15) is 5.10 Å². The Morgan fingerprint density at radius 3 is 2.36 bits per heavy atom. The third-order valence-corrected chi connectivity index (χ3v) is 4.98. The number of hydrogen-bond acceptors (Lipinski definition) is 4. The van der Waals surface area contributed by atoms with Crippen LogP contribution in [0.15, 0.2) is 77.9 Å². The van der Waals surface area contributed by atoms with Gasteiger partial charge < -0.3 is 10.4 Å². The molecule has 3 N–H and O–H groups in total. The average molecular weight is 442 g/mol. The Morgan fingerprint density at radius 1 is 1.00 bits per heavy atom. The highest BCUT2D eigenvalue weighted by atomic mass is 16.3. The maximum absolute atomic E-state index is 12.5. The molecule has 0 unspecified atom stereocenters. The molecule has 0 fully saturated rings. The number of rotatable bonds is 7. The molecule has 0 saturated heterocycles. The van der Waals surface area contributed by atoms with Crippen LogP contribution in [-0.2, 0) is 0 Å². The first-order valence-electron chi connectivity index (χ1n) is 10.6. The highest BCUT2D eigenvalue weighted by Gasteiger charge is 2.12. The number of nitrogens with zero attached hydrogens (tertiary/aromatic N) is 1. The van der Waals surface area contributed by atoms with Crippen molar-refractivity contribution in [2.75, 3.05) is 5.32 Å². The Balaban J connectivity index is 1.77. The fraction of sp³-hybridized carbons (Fsp3) is 0.148. The second-order valence-corrected chi connectivity index (χ2v) is 7.96. The summed E-state index contributed by atoms with van der Waals surface area (Å²) >= 11 is 0. The van der Waals surface area contributed by atoms with Crippen LogP contribution in [0.4, 0.5) is 10.5 Å². The minimum absolute atomic E-state index is 0.0487. The SMILES string of the molecule is Cc1ccc(C(=O)/C=C/c2cc(/C=N/NC(=O)Nc3ccccc3)c(O)c(C(C)C)c2)cc1. The lowest BCUT2D eigenvalue weighted by molar-refractivity contribution is 0.104. The van der Waals surface area contributed by atoms with Gasteiger partial charge in [-0.15, -0.1) is 0 Å². The van der Waals surface area contributed by atoms with E-state index in [9.17, 15) is 14.7 Å². The molecule has 168 valence electrons. The smallest absolute Gasteiger partial charge is 0.339 e. The Hall–Kier alpha value is -4.19. The normalized spacial score (nSPS) is 11.3. The second-order valence-electron chi connectivity index (χ2n) is 7.96. The predicted octanol–water partition coefficient (Wildman–Crippen LogP) is 5.88. The summed E-state index contributed by atoms with van der Waals surface area (Å²) in [6, 6.07) is 19.4. The van der Waals surface area contributed by atoms with Crippen molar-refractivity contribution in [3.8, 4) is 5.75 Å². The molecule has 0 atom stereocenters. The van der Waals surface area contributed by atoms with Crippen LogP contribution < -0.4 is 10.7 Å². The lowest BCUT2D eigenvalue weighted by atomic mass is 9.96. The van der Waals surface area contributed by atoms with Crippen molar-refractivity contribution in [1.29, 1.82) is 0 Å². The molecule has 0 aliphatic rings. The van der Waals surface area contributed by atoms with E-state index in [1.54, 1.807) is 36.4 Å². The number of aromatic hydroxyl groups is 1. The summed E-state index contributed by atoms with van der Waals surface area (Å²) in [7, 11) is 0. The van der Waals surface area contributed by atoms with Crippen LogP contribution in [0.3, 0.4) is 0 Å². The van der Waals surface area contributed by atoms with Gasteiger partial charge in [0.15, 0.2) is 5.78 Å². The molecule has 0 saturated carbocycles. The van der Waals surface area contributed by atoms with E-state index < -0.39 is 6.03 Å². The Bertz CT molecular complexity index is 1180. The van der Waals surface area contributed by atoms with E-state index in [2.05, 4.69) is 15.8 Å². The molecule has 0 aliphatic heterocycles. The molecule has 3 aromatic carbocycles. The number of carbonyl (C=O) groups is 2. The molecule has 6 heteroatoms. The van der Waals surface area contributed by atoms with E-state index in [0.717, 1.165) is 16.7 Å². The number of phenols is 1. The van der Waals surface area contributed by atoms with Crippen molar-refractivity contribution in [3.05, 3.63) is 101 Å². The molecule has 0 radical (unpaired) electrons. The number of amides is 2. The Kier molecular flexibility index (Phi) is 7.76. The first kappa shape index (κ1) is 23.5. The minimum atomic E-state index is -0.499. The first-order chi connectivity index (χ1) is 15.8. The summed E-state index contributed by atoms with van der Waals surface area (Å²) in [5.41, 5.74) is 6.62. The molecule has 0 aromatic heterocycles. The zero-order valence-corrected chi connectivity index (χ0v) is 18.9. The van der Waals surface area contributed by atoms with Crippen molar-refractivity contribution in [2.24, 2.45) is 5.10 Å². The maximum Gasteiger partial charge on any atom is 0.339 e. The lowest BCUT2D eigenvalue weighted by Crippen LogP contribution is -2.24. The van der Waals surface area contributed by atoms with Gasteiger partial charge >= 0.3 is 6.03 Å². The molecule has 6 nitrogen and oxygen atoms in total. The number of allylic oxidation sites excluding steroid dienone is 1. The van der Waals surface area contributed by atoms with Gasteiger partial charge in [0.05, 0.1) is 6.21 Å². The summed E-state index contributed by atoms with van der Waals surface area (Å²) in [6.07, 6.45) is 4.60. The molecule has 33 heavy (non-hydrogen) atoms. The van der Waals surface area contributed by atoms with Crippen molar-refractivity contribution < 1.29 is 14.7 Å². The Morgan fingerprint density at radius 2 is 1.70 bits per heavy atom. The summed E-state index contributed by atoms with van der Waals surface area (Å²) in [4.78, 5) is 24.5. The molecule has 0 heterocycles. The summed E-state index contributed by atoms with van der Waals surface area (Å²) in [5.74, 6) is 0.0253. The van der Waals surface area contributed by atoms with E-state index >= 15 is 0 Å². The zero-order valence-electron chi connectivity index (χ0n) is 18.9. The minimum Gasteiger partial charge on any atom is -0.507 e. The molecule has 0 bridgehead atoms. The van der Waals surface area contributed by atoms with Gasteiger partial charge in [-0.25, -0.2) is 10.2 Å². The van der Waals surface area contributed by atoms with Crippen molar-refractivity contribution in [1.82, 2.24) is 5.43 Å². The van der Waals surface area contributed by atoms with Crippen molar-refractivity contribution >= 4 is 29.8 Å². The highest BCUT2D eigenvalue weighted by Crippen LogP contribution is 2.30. The number of carbonyl (C=O) groups excluding carboxylic acids is 2. The number of para-hydroxylation sites is 1. The fourth-order valence-corrected chi connectivity index (χ4v) is 3.17. The van der Waals surface area contributed by atoms with Gasteiger partial charge in [0.2, 0.25) is 0 Å². The number of ketones is 1. The monoisotopic (exact) mass is 441 g/mol. The van der Waals surface area contributed by atoms with E-state index in [4.69, 9.17) is 0 Å². The number of anilines is 1. The summed E-state index contributed by atoms with van der Waals surface area (Å²) in [6.45, 7) is 5.90. The van der Waals surface area contributed by atoms with Gasteiger partial charge in [-0.3, -0.25) is 4.79 Å². The first-order valence-corrected chi connectivity index (χ1v) is 10.6. The number of phenolic OH excluding ortho intramolecular Hbond substituents is 1. The highest BCUT2D eigenvalue weighted by molar-refractivity contribution is 6.07. The fourth-order valence-electron chi connectivity index (χ4n) is 3.17. The summed E-state index contributed by atoms with van der Waals surface area (Å²) in [5, 5.41) is 17.3. The van der Waals surface area contributed by atoms with Crippen LogP contribution in [0.5, 0.6) is 5.75 Å². The van der Waals surface area contributed by atoms with Crippen LogP contribution in [-0.4, -0.2) is 23.1 Å². The van der Waals surface area contributed by atoms with Crippen LogP contribution in [0.1, 0.15) is 52.4 Å². The van der Waals surface area contributed by atoms with Crippen molar-refractivity contribution in [3.63, 3.8) is 0 Å².